The number of halogens is 1. The highest BCUT2D eigenvalue weighted by molar-refractivity contribution is 7.89. The van der Waals surface area contributed by atoms with Gasteiger partial charge in [0, 0.05) is 47.9 Å². The van der Waals surface area contributed by atoms with Crippen molar-refractivity contribution in [3.05, 3.63) is 63.2 Å². The molecule has 1 fully saturated rings. The second kappa shape index (κ2) is 8.66. The standard InChI is InChI=1S/C19H21ClN2O6S/c1-27-18-7-2-14(20)12-17(18)19(8-10-28-11-9-19)13-21-29(25,26)16-5-3-15(4-6-16)22(23)24/h2-7,12,21H,8-11,13H2,1H3. The first-order valence-electron chi connectivity index (χ1n) is 8.93. The monoisotopic (exact) mass is 440 g/mol. The summed E-state index contributed by atoms with van der Waals surface area (Å²) in [7, 11) is -2.31. The number of nitrogens with one attached hydrogen (secondary N) is 1. The van der Waals surface area contributed by atoms with E-state index in [0.29, 0.717) is 36.8 Å². The van der Waals surface area contributed by atoms with Crippen LogP contribution in [0.2, 0.25) is 5.02 Å². The number of non-ortho nitro benzene ring substituents is 1. The van der Waals surface area contributed by atoms with Crippen molar-refractivity contribution < 1.29 is 22.8 Å². The number of methoxy groups -OCH3 is 1. The Kier molecular flexibility index (Phi) is 6.42. The van der Waals surface area contributed by atoms with Crippen molar-refractivity contribution in [1.82, 2.24) is 4.72 Å². The molecule has 1 N–H and O–H groups in total. The minimum absolute atomic E-state index is 0.0385. The van der Waals surface area contributed by atoms with E-state index in [0.717, 1.165) is 5.56 Å². The minimum atomic E-state index is -3.87. The Hall–Kier alpha value is -2.20. The maximum absolute atomic E-state index is 12.8. The summed E-state index contributed by atoms with van der Waals surface area (Å²) in [5.74, 6) is 0.630. The fourth-order valence-corrected chi connectivity index (χ4v) is 4.76. The SMILES string of the molecule is COc1ccc(Cl)cc1C1(CNS(=O)(=O)c2ccc([N+](=O)[O-])cc2)CCOCC1. The Bertz CT molecular complexity index is 988. The summed E-state index contributed by atoms with van der Waals surface area (Å²) in [6.07, 6.45) is 1.18. The summed E-state index contributed by atoms with van der Waals surface area (Å²) in [6, 6.07) is 10.1. The van der Waals surface area contributed by atoms with E-state index in [1.165, 1.54) is 24.3 Å². The number of rotatable bonds is 7. The van der Waals surface area contributed by atoms with Crippen LogP contribution in [0.25, 0.3) is 0 Å². The van der Waals surface area contributed by atoms with E-state index in [4.69, 9.17) is 21.1 Å². The van der Waals surface area contributed by atoms with Crippen LogP contribution in [0.3, 0.4) is 0 Å². The number of nitro benzene ring substituents is 1. The van der Waals surface area contributed by atoms with Gasteiger partial charge in [0.1, 0.15) is 5.75 Å². The summed E-state index contributed by atoms with van der Waals surface area (Å²) in [6.45, 7) is 1.08. The van der Waals surface area contributed by atoms with Crippen molar-refractivity contribution in [3.63, 3.8) is 0 Å². The third kappa shape index (κ3) is 4.69. The molecular weight excluding hydrogens is 420 g/mol. The quantitative estimate of drug-likeness (QED) is 0.522. The van der Waals surface area contributed by atoms with Crippen LogP contribution in [0, 0.1) is 10.1 Å². The van der Waals surface area contributed by atoms with Crippen LogP contribution in [0.1, 0.15) is 18.4 Å². The molecule has 1 heterocycles. The molecule has 1 aliphatic heterocycles. The normalized spacial score (nSPS) is 16.3. The van der Waals surface area contributed by atoms with Gasteiger partial charge in [-0.15, -0.1) is 0 Å². The second-order valence-electron chi connectivity index (χ2n) is 6.81. The molecule has 2 aromatic rings. The average molecular weight is 441 g/mol. The summed E-state index contributed by atoms with van der Waals surface area (Å²) >= 11 is 6.20. The number of benzene rings is 2. The number of sulfonamides is 1. The highest BCUT2D eigenvalue weighted by Crippen LogP contribution is 2.41. The average Bonchev–Trinajstić information content (AvgIpc) is 2.73. The van der Waals surface area contributed by atoms with Crippen LogP contribution < -0.4 is 9.46 Å². The molecule has 0 aliphatic carbocycles. The Morgan fingerprint density at radius 1 is 1.21 bits per heavy atom. The molecule has 0 saturated carbocycles. The third-order valence-corrected chi connectivity index (χ3v) is 6.79. The number of hydrogen-bond acceptors (Lipinski definition) is 6. The van der Waals surface area contributed by atoms with Crippen molar-refractivity contribution in [2.24, 2.45) is 0 Å². The van der Waals surface area contributed by atoms with Gasteiger partial charge < -0.3 is 9.47 Å². The van der Waals surface area contributed by atoms with Gasteiger partial charge in [0.15, 0.2) is 0 Å². The molecule has 10 heteroatoms. The molecule has 2 aromatic carbocycles. The van der Waals surface area contributed by atoms with Crippen LogP contribution in [0.4, 0.5) is 5.69 Å². The van der Waals surface area contributed by atoms with Gasteiger partial charge in [-0.2, -0.15) is 0 Å². The second-order valence-corrected chi connectivity index (χ2v) is 9.02. The number of nitrogens with zero attached hydrogens (tertiary/aromatic N) is 1. The zero-order valence-corrected chi connectivity index (χ0v) is 17.3. The summed E-state index contributed by atoms with van der Waals surface area (Å²) < 4.78 is 39.2. The first-order valence-corrected chi connectivity index (χ1v) is 10.8. The fraction of sp³-hybridized carbons (Fsp3) is 0.368. The largest absolute Gasteiger partial charge is 0.496 e. The molecule has 1 aliphatic rings. The molecule has 8 nitrogen and oxygen atoms in total. The van der Waals surface area contributed by atoms with E-state index in [2.05, 4.69) is 4.72 Å². The minimum Gasteiger partial charge on any atom is -0.496 e. The van der Waals surface area contributed by atoms with Crippen LogP contribution >= 0.6 is 11.6 Å². The van der Waals surface area contributed by atoms with Crippen molar-refractivity contribution in [2.75, 3.05) is 26.9 Å². The Morgan fingerprint density at radius 2 is 1.86 bits per heavy atom. The lowest BCUT2D eigenvalue weighted by Crippen LogP contribution is -2.44. The van der Waals surface area contributed by atoms with Crippen molar-refractivity contribution in [3.8, 4) is 5.75 Å². The zero-order chi connectivity index (χ0) is 21.1. The predicted molar refractivity (Wildman–Crippen MR) is 108 cm³/mol. The van der Waals surface area contributed by atoms with Gasteiger partial charge in [-0.1, -0.05) is 11.6 Å². The molecule has 0 unspecified atom stereocenters. The molecule has 0 radical (unpaired) electrons. The maximum Gasteiger partial charge on any atom is 0.269 e. The lowest BCUT2D eigenvalue weighted by atomic mass is 9.74. The topological polar surface area (TPSA) is 108 Å². The smallest absolute Gasteiger partial charge is 0.269 e. The number of ether oxygens (including phenoxy) is 2. The summed E-state index contributed by atoms with van der Waals surface area (Å²) in [4.78, 5) is 10.2. The molecule has 0 bridgehead atoms. The molecule has 3 rings (SSSR count). The third-order valence-electron chi connectivity index (χ3n) is 5.14. The van der Waals surface area contributed by atoms with Gasteiger partial charge in [-0.25, -0.2) is 13.1 Å². The van der Waals surface area contributed by atoms with Gasteiger partial charge in [-0.3, -0.25) is 10.1 Å². The Morgan fingerprint density at radius 3 is 2.45 bits per heavy atom. The molecule has 156 valence electrons. The highest BCUT2D eigenvalue weighted by atomic mass is 35.5. The van der Waals surface area contributed by atoms with E-state index in [9.17, 15) is 18.5 Å². The van der Waals surface area contributed by atoms with Crippen LogP contribution in [-0.2, 0) is 20.2 Å². The first kappa shape index (κ1) is 21.5. The Labute approximate surface area is 174 Å². The fourth-order valence-electron chi connectivity index (χ4n) is 3.46. The molecule has 29 heavy (non-hydrogen) atoms. The van der Waals surface area contributed by atoms with Crippen LogP contribution in [0.5, 0.6) is 5.75 Å². The van der Waals surface area contributed by atoms with Gasteiger partial charge in [0.25, 0.3) is 5.69 Å². The van der Waals surface area contributed by atoms with E-state index >= 15 is 0 Å². The van der Waals surface area contributed by atoms with E-state index < -0.39 is 20.4 Å². The van der Waals surface area contributed by atoms with Gasteiger partial charge in [0.05, 0.1) is 16.9 Å². The lowest BCUT2D eigenvalue weighted by Gasteiger charge is -2.38. The maximum atomic E-state index is 12.8. The Balaban J connectivity index is 1.90. The van der Waals surface area contributed by atoms with Crippen molar-refractivity contribution >= 4 is 27.3 Å². The number of nitro groups is 1. The van der Waals surface area contributed by atoms with E-state index in [1.807, 2.05) is 0 Å². The zero-order valence-electron chi connectivity index (χ0n) is 15.8. The van der Waals surface area contributed by atoms with Crippen molar-refractivity contribution in [1.29, 1.82) is 0 Å². The van der Waals surface area contributed by atoms with Crippen molar-refractivity contribution in [2.45, 2.75) is 23.2 Å². The highest BCUT2D eigenvalue weighted by Gasteiger charge is 2.38. The molecule has 0 amide bonds. The van der Waals surface area contributed by atoms with E-state index in [-0.39, 0.29) is 17.1 Å². The molecular formula is C19H21ClN2O6S. The molecule has 0 atom stereocenters. The van der Waals surface area contributed by atoms with Crippen LogP contribution in [-0.4, -0.2) is 40.2 Å². The molecule has 1 saturated heterocycles. The van der Waals surface area contributed by atoms with Gasteiger partial charge in [-0.05, 0) is 43.2 Å². The molecule has 0 aromatic heterocycles. The van der Waals surface area contributed by atoms with Gasteiger partial charge >= 0.3 is 0 Å². The number of hydrogen-bond donors (Lipinski definition) is 1. The summed E-state index contributed by atoms with van der Waals surface area (Å²) in [5.41, 5.74) is 0.0956. The van der Waals surface area contributed by atoms with Gasteiger partial charge in [0.2, 0.25) is 10.0 Å². The van der Waals surface area contributed by atoms with Crippen LogP contribution in [0.15, 0.2) is 47.4 Å². The van der Waals surface area contributed by atoms with E-state index in [1.54, 1.807) is 25.3 Å². The lowest BCUT2D eigenvalue weighted by molar-refractivity contribution is -0.384. The molecule has 0 spiro atoms. The predicted octanol–water partition coefficient (Wildman–Crippen LogP) is 3.28. The summed E-state index contributed by atoms with van der Waals surface area (Å²) in [5, 5.41) is 11.3. The first-order chi connectivity index (χ1) is 13.8.